The Morgan fingerprint density at radius 2 is 1.78 bits per heavy atom. The minimum atomic E-state index is -0.681. The van der Waals surface area contributed by atoms with Crippen molar-refractivity contribution in [3.8, 4) is 5.75 Å². The zero-order chi connectivity index (χ0) is 22.7. The topological polar surface area (TPSA) is 52.9 Å². The van der Waals surface area contributed by atoms with Gasteiger partial charge in [-0.2, -0.15) is 0 Å². The van der Waals surface area contributed by atoms with Crippen LogP contribution in [0.5, 0.6) is 5.75 Å². The molecule has 1 fully saturated rings. The second-order valence-corrected chi connectivity index (χ2v) is 9.28. The summed E-state index contributed by atoms with van der Waals surface area (Å²) in [6.07, 6.45) is 2.32. The monoisotopic (exact) mass is 453 g/mol. The van der Waals surface area contributed by atoms with E-state index in [1.165, 1.54) is 5.56 Å². The molecule has 5 heteroatoms. The smallest absolute Gasteiger partial charge is 0.138 e. The number of hydrogen-bond donors (Lipinski definition) is 2. The van der Waals surface area contributed by atoms with Crippen LogP contribution >= 0.6 is 11.6 Å². The number of ether oxygens (including phenoxy) is 1. The predicted molar refractivity (Wildman–Crippen MR) is 130 cm³/mol. The van der Waals surface area contributed by atoms with Crippen LogP contribution in [0.1, 0.15) is 43.4 Å². The molecule has 2 N–H and O–H groups in total. The Balaban J connectivity index is 1.47. The first-order valence-electron chi connectivity index (χ1n) is 11.4. The summed E-state index contributed by atoms with van der Waals surface area (Å²) in [4.78, 5) is 2.33. The second kappa shape index (κ2) is 9.80. The van der Waals surface area contributed by atoms with Crippen molar-refractivity contribution in [3.63, 3.8) is 0 Å². The van der Waals surface area contributed by atoms with Crippen molar-refractivity contribution < 1.29 is 14.9 Å². The van der Waals surface area contributed by atoms with Gasteiger partial charge >= 0.3 is 0 Å². The molecule has 1 aliphatic heterocycles. The third-order valence-corrected chi connectivity index (χ3v) is 7.25. The maximum atomic E-state index is 11.3. The van der Waals surface area contributed by atoms with Crippen molar-refractivity contribution in [2.24, 2.45) is 0 Å². The molecule has 2 atom stereocenters. The van der Waals surface area contributed by atoms with Crippen LogP contribution in [0.15, 0.2) is 60.7 Å². The highest BCUT2D eigenvalue weighted by Crippen LogP contribution is 2.36. The number of methoxy groups -OCH3 is 1. The number of fused-ring (bicyclic) bond motifs is 1. The highest BCUT2D eigenvalue weighted by atomic mass is 35.5. The maximum Gasteiger partial charge on any atom is 0.138 e. The first-order valence-corrected chi connectivity index (χ1v) is 11.8. The molecule has 4 nitrogen and oxygen atoms in total. The molecule has 0 spiro atoms. The van der Waals surface area contributed by atoms with Gasteiger partial charge in [0.05, 0.1) is 23.8 Å². The Labute approximate surface area is 195 Å². The van der Waals surface area contributed by atoms with Gasteiger partial charge < -0.3 is 14.9 Å². The minimum absolute atomic E-state index is 0.00226. The normalized spacial score (nSPS) is 18.4. The van der Waals surface area contributed by atoms with Crippen LogP contribution in [0.25, 0.3) is 10.8 Å². The van der Waals surface area contributed by atoms with Crippen molar-refractivity contribution in [2.45, 2.75) is 50.4 Å². The number of piperidine rings is 1. The summed E-state index contributed by atoms with van der Waals surface area (Å²) < 4.78 is 5.31. The van der Waals surface area contributed by atoms with Crippen LogP contribution in [0.4, 0.5) is 0 Å². The lowest BCUT2D eigenvalue weighted by Gasteiger charge is -2.43. The molecule has 2 unspecified atom stereocenters. The largest absolute Gasteiger partial charge is 0.495 e. The van der Waals surface area contributed by atoms with Gasteiger partial charge in [0.15, 0.2) is 0 Å². The van der Waals surface area contributed by atoms with Gasteiger partial charge in [-0.1, -0.05) is 67.1 Å². The fourth-order valence-electron chi connectivity index (χ4n) is 4.96. The summed E-state index contributed by atoms with van der Waals surface area (Å²) >= 11 is 6.45. The van der Waals surface area contributed by atoms with Gasteiger partial charge in [0.1, 0.15) is 5.75 Å². The fourth-order valence-corrected chi connectivity index (χ4v) is 5.27. The van der Waals surface area contributed by atoms with Gasteiger partial charge in [0.2, 0.25) is 0 Å². The van der Waals surface area contributed by atoms with E-state index in [0.29, 0.717) is 30.0 Å². The summed E-state index contributed by atoms with van der Waals surface area (Å²) in [6, 6.07) is 19.9. The molecule has 1 heterocycles. The van der Waals surface area contributed by atoms with Crippen LogP contribution in [0.3, 0.4) is 0 Å². The minimum Gasteiger partial charge on any atom is -0.495 e. The third-order valence-electron chi connectivity index (χ3n) is 6.86. The maximum absolute atomic E-state index is 11.3. The van der Waals surface area contributed by atoms with E-state index in [-0.39, 0.29) is 6.04 Å². The van der Waals surface area contributed by atoms with Gasteiger partial charge in [-0.05, 0) is 47.9 Å². The molecule has 170 valence electrons. The zero-order valence-corrected chi connectivity index (χ0v) is 19.6. The molecule has 4 rings (SSSR count). The van der Waals surface area contributed by atoms with E-state index < -0.39 is 11.7 Å². The summed E-state index contributed by atoms with van der Waals surface area (Å²) in [5, 5.41) is 24.9. The average molecular weight is 454 g/mol. The second-order valence-electron chi connectivity index (χ2n) is 8.91. The van der Waals surface area contributed by atoms with E-state index in [1.807, 2.05) is 48.5 Å². The molecule has 0 aliphatic carbocycles. The Kier molecular flexibility index (Phi) is 7.06. The first kappa shape index (κ1) is 23.1. The van der Waals surface area contributed by atoms with Crippen molar-refractivity contribution in [3.05, 3.63) is 76.8 Å². The van der Waals surface area contributed by atoms with Gasteiger partial charge in [0.25, 0.3) is 0 Å². The molecule has 1 aliphatic rings. The highest BCUT2D eigenvalue weighted by molar-refractivity contribution is 6.37. The zero-order valence-electron chi connectivity index (χ0n) is 18.8. The molecule has 0 saturated carbocycles. The standard InChI is InChI=1S/C27H32ClNO3/c1-3-23(29-15-13-27(31,14-16-29)18-19-7-5-4-6-8-19)26(30)21-9-11-22-20(17-21)10-12-24(32-2)25(22)28/h4-12,17,23,26,30-31H,3,13-16,18H2,1-2H3. The van der Waals surface area contributed by atoms with Gasteiger partial charge in [0, 0.05) is 30.9 Å². The van der Waals surface area contributed by atoms with E-state index in [0.717, 1.165) is 35.8 Å². The number of benzene rings is 3. The molecule has 0 bridgehead atoms. The molecule has 3 aromatic carbocycles. The Bertz CT molecular complexity index is 1050. The number of aliphatic hydroxyl groups is 2. The summed E-state index contributed by atoms with van der Waals surface area (Å²) in [7, 11) is 1.61. The Hall–Kier alpha value is -2.11. The first-order chi connectivity index (χ1) is 15.4. The fraction of sp³-hybridized carbons (Fsp3) is 0.407. The van der Waals surface area contributed by atoms with Crippen molar-refractivity contribution in [1.29, 1.82) is 0 Å². The van der Waals surface area contributed by atoms with Crippen LogP contribution in [-0.2, 0) is 6.42 Å². The van der Waals surface area contributed by atoms with Crippen LogP contribution in [0.2, 0.25) is 5.02 Å². The van der Waals surface area contributed by atoms with E-state index in [1.54, 1.807) is 7.11 Å². The summed E-state index contributed by atoms with van der Waals surface area (Å²) in [6.45, 7) is 3.66. The van der Waals surface area contributed by atoms with Crippen LogP contribution in [-0.4, -0.2) is 47.0 Å². The average Bonchev–Trinajstić information content (AvgIpc) is 2.81. The highest BCUT2D eigenvalue weighted by Gasteiger charge is 2.36. The molecular formula is C27H32ClNO3. The van der Waals surface area contributed by atoms with Crippen molar-refractivity contribution in [2.75, 3.05) is 20.2 Å². The van der Waals surface area contributed by atoms with E-state index in [4.69, 9.17) is 16.3 Å². The van der Waals surface area contributed by atoms with E-state index >= 15 is 0 Å². The van der Waals surface area contributed by atoms with E-state index in [9.17, 15) is 10.2 Å². The number of aliphatic hydroxyl groups excluding tert-OH is 1. The molecule has 3 aromatic rings. The van der Waals surface area contributed by atoms with Crippen molar-refractivity contribution >= 4 is 22.4 Å². The predicted octanol–water partition coefficient (Wildman–Crippen LogP) is 5.38. The quantitative estimate of drug-likeness (QED) is 0.504. The summed E-state index contributed by atoms with van der Waals surface area (Å²) in [5.41, 5.74) is 1.37. The Morgan fingerprint density at radius 1 is 1.06 bits per heavy atom. The number of rotatable bonds is 7. The third kappa shape index (κ3) is 4.79. The van der Waals surface area contributed by atoms with Crippen molar-refractivity contribution in [1.82, 2.24) is 4.90 Å². The van der Waals surface area contributed by atoms with Gasteiger partial charge in [-0.15, -0.1) is 0 Å². The van der Waals surface area contributed by atoms with Crippen LogP contribution < -0.4 is 4.74 Å². The summed E-state index contributed by atoms with van der Waals surface area (Å²) in [5.74, 6) is 0.648. The number of hydrogen-bond acceptors (Lipinski definition) is 4. The lowest BCUT2D eigenvalue weighted by molar-refractivity contribution is -0.0497. The molecule has 1 saturated heterocycles. The van der Waals surface area contributed by atoms with Gasteiger partial charge in [-0.25, -0.2) is 0 Å². The molecule has 0 amide bonds. The molecule has 0 aromatic heterocycles. The number of likely N-dealkylation sites (tertiary alicyclic amines) is 1. The molecule has 32 heavy (non-hydrogen) atoms. The van der Waals surface area contributed by atoms with E-state index in [2.05, 4.69) is 24.0 Å². The SMILES string of the molecule is CCC(C(O)c1ccc2c(Cl)c(OC)ccc2c1)N1CCC(O)(Cc2ccccc2)CC1. The molecule has 0 radical (unpaired) electrons. The van der Waals surface area contributed by atoms with Crippen LogP contribution in [0, 0.1) is 0 Å². The number of halogens is 1. The lowest BCUT2D eigenvalue weighted by atomic mass is 9.84. The number of nitrogens with zero attached hydrogens (tertiary/aromatic N) is 1. The van der Waals surface area contributed by atoms with Gasteiger partial charge in [-0.3, -0.25) is 4.90 Å². The Morgan fingerprint density at radius 3 is 2.44 bits per heavy atom. The molecular weight excluding hydrogens is 422 g/mol. The lowest BCUT2D eigenvalue weighted by Crippen LogP contribution is -2.50.